The summed E-state index contributed by atoms with van der Waals surface area (Å²) in [6.07, 6.45) is 0.229. The number of ether oxygens (including phenoxy) is 1. The molecule has 0 aliphatic heterocycles. The standard InChI is InChI=1S/C10H17NO4/c1-5-10(14)15-8(6-9(12)13)7-11(2,3)4/h5,8H,1,6-7H2,2-4H3/p+1/t8-/m1/s1. The highest BCUT2D eigenvalue weighted by molar-refractivity contribution is 5.81. The summed E-state index contributed by atoms with van der Waals surface area (Å²) >= 11 is 0. The van der Waals surface area contributed by atoms with Crippen molar-refractivity contribution >= 4 is 11.9 Å². The summed E-state index contributed by atoms with van der Waals surface area (Å²) in [6, 6.07) is 0. The monoisotopic (exact) mass is 216 g/mol. The molecule has 1 N–H and O–H groups in total. The second-order valence-electron chi connectivity index (χ2n) is 4.33. The lowest BCUT2D eigenvalue weighted by atomic mass is 10.2. The molecule has 0 amide bonds. The Kier molecular flexibility index (Phi) is 5.00. The normalized spacial score (nSPS) is 13.0. The molecular formula is C10H18NO4+. The zero-order valence-corrected chi connectivity index (χ0v) is 9.40. The van der Waals surface area contributed by atoms with E-state index < -0.39 is 18.0 Å². The van der Waals surface area contributed by atoms with E-state index >= 15 is 0 Å². The molecule has 0 fully saturated rings. The largest absolute Gasteiger partial charge is 0.481 e. The third kappa shape index (κ3) is 7.69. The van der Waals surface area contributed by atoms with E-state index in [4.69, 9.17) is 9.84 Å². The quantitative estimate of drug-likeness (QED) is 0.393. The molecule has 0 aromatic heterocycles. The molecule has 0 aromatic carbocycles. The topological polar surface area (TPSA) is 63.6 Å². The molecule has 0 saturated carbocycles. The van der Waals surface area contributed by atoms with Crippen LogP contribution in [0, 0.1) is 0 Å². The molecule has 0 saturated heterocycles. The summed E-state index contributed by atoms with van der Waals surface area (Å²) in [5.74, 6) is -1.57. The summed E-state index contributed by atoms with van der Waals surface area (Å²) in [4.78, 5) is 21.5. The van der Waals surface area contributed by atoms with Gasteiger partial charge < -0.3 is 14.3 Å². The van der Waals surface area contributed by atoms with Crippen molar-refractivity contribution in [3.8, 4) is 0 Å². The lowest BCUT2D eigenvalue weighted by Gasteiger charge is -2.28. The van der Waals surface area contributed by atoms with Gasteiger partial charge in [0.1, 0.15) is 6.54 Å². The first-order valence-electron chi connectivity index (χ1n) is 4.60. The smallest absolute Gasteiger partial charge is 0.330 e. The van der Waals surface area contributed by atoms with Crippen LogP contribution in [-0.2, 0) is 14.3 Å². The lowest BCUT2D eigenvalue weighted by Crippen LogP contribution is -2.43. The SMILES string of the molecule is C=CC(=O)O[C@H](CC(=O)O)C[N+](C)(C)C. The number of carboxylic acid groups (broad SMARTS) is 1. The molecular weight excluding hydrogens is 198 g/mol. The van der Waals surface area contributed by atoms with Crippen molar-refractivity contribution in [3.05, 3.63) is 12.7 Å². The first-order valence-corrected chi connectivity index (χ1v) is 4.60. The van der Waals surface area contributed by atoms with E-state index in [-0.39, 0.29) is 6.42 Å². The summed E-state index contributed by atoms with van der Waals surface area (Å²) in [7, 11) is 5.70. The van der Waals surface area contributed by atoms with Crippen LogP contribution in [-0.4, -0.2) is 55.3 Å². The molecule has 0 bridgehead atoms. The highest BCUT2D eigenvalue weighted by Gasteiger charge is 2.23. The van der Waals surface area contributed by atoms with Gasteiger partial charge in [0, 0.05) is 6.08 Å². The van der Waals surface area contributed by atoms with Gasteiger partial charge in [-0.05, 0) is 0 Å². The number of nitrogens with zero attached hydrogens (tertiary/aromatic N) is 1. The van der Waals surface area contributed by atoms with Crippen LogP contribution in [0.4, 0.5) is 0 Å². The highest BCUT2D eigenvalue weighted by Crippen LogP contribution is 2.05. The predicted octanol–water partition coefficient (Wildman–Crippen LogP) is 0.265. The van der Waals surface area contributed by atoms with Crippen LogP contribution in [0.2, 0.25) is 0 Å². The Morgan fingerprint density at radius 1 is 1.47 bits per heavy atom. The Labute approximate surface area is 89.5 Å². The molecule has 0 unspecified atom stereocenters. The Balaban J connectivity index is 4.37. The van der Waals surface area contributed by atoms with Crippen LogP contribution in [0.25, 0.3) is 0 Å². The lowest BCUT2D eigenvalue weighted by molar-refractivity contribution is -0.873. The minimum Gasteiger partial charge on any atom is -0.481 e. The van der Waals surface area contributed by atoms with E-state index in [0.29, 0.717) is 11.0 Å². The van der Waals surface area contributed by atoms with Crippen LogP contribution in [0.5, 0.6) is 0 Å². The van der Waals surface area contributed by atoms with Gasteiger partial charge in [0.25, 0.3) is 0 Å². The molecule has 0 spiro atoms. The number of quaternary nitrogens is 1. The number of hydrogen-bond donors (Lipinski definition) is 1. The summed E-state index contributed by atoms with van der Waals surface area (Å²) in [5.41, 5.74) is 0. The van der Waals surface area contributed by atoms with Crippen molar-refractivity contribution in [2.75, 3.05) is 27.7 Å². The molecule has 15 heavy (non-hydrogen) atoms. The summed E-state index contributed by atoms with van der Waals surface area (Å²) < 4.78 is 5.46. The number of carbonyl (C=O) groups excluding carboxylic acids is 1. The van der Waals surface area contributed by atoms with E-state index in [1.54, 1.807) is 0 Å². The van der Waals surface area contributed by atoms with Crippen molar-refractivity contribution in [3.63, 3.8) is 0 Å². The van der Waals surface area contributed by atoms with Gasteiger partial charge in [-0.2, -0.15) is 0 Å². The highest BCUT2D eigenvalue weighted by atomic mass is 16.5. The van der Waals surface area contributed by atoms with E-state index in [2.05, 4.69) is 6.58 Å². The predicted molar refractivity (Wildman–Crippen MR) is 55.2 cm³/mol. The third-order valence-corrected chi connectivity index (χ3v) is 1.60. The number of hydrogen-bond acceptors (Lipinski definition) is 3. The Morgan fingerprint density at radius 2 is 2.00 bits per heavy atom. The number of esters is 1. The van der Waals surface area contributed by atoms with Gasteiger partial charge in [-0.3, -0.25) is 4.79 Å². The molecule has 1 atom stereocenters. The van der Waals surface area contributed by atoms with Crippen molar-refractivity contribution in [1.29, 1.82) is 0 Å². The Morgan fingerprint density at radius 3 is 2.33 bits per heavy atom. The van der Waals surface area contributed by atoms with Crippen LogP contribution in [0.15, 0.2) is 12.7 Å². The Bertz CT molecular complexity index is 255. The summed E-state index contributed by atoms with van der Waals surface area (Å²) in [6.45, 7) is 3.71. The fraction of sp³-hybridized carbons (Fsp3) is 0.600. The maximum atomic E-state index is 10.9. The average molecular weight is 216 g/mol. The number of likely N-dealkylation sites (N-methyl/N-ethyl adjacent to an activating group) is 1. The minimum atomic E-state index is -0.981. The van der Waals surface area contributed by atoms with E-state index in [9.17, 15) is 9.59 Å². The van der Waals surface area contributed by atoms with Crippen LogP contribution in [0.3, 0.4) is 0 Å². The van der Waals surface area contributed by atoms with E-state index in [1.807, 2.05) is 21.1 Å². The van der Waals surface area contributed by atoms with Crippen molar-refractivity contribution in [1.82, 2.24) is 0 Å². The van der Waals surface area contributed by atoms with Crippen LogP contribution >= 0.6 is 0 Å². The fourth-order valence-electron chi connectivity index (χ4n) is 1.16. The van der Waals surface area contributed by atoms with Gasteiger partial charge in [-0.25, -0.2) is 4.79 Å². The van der Waals surface area contributed by atoms with Crippen LogP contribution in [0.1, 0.15) is 6.42 Å². The van der Waals surface area contributed by atoms with Crippen LogP contribution < -0.4 is 0 Å². The van der Waals surface area contributed by atoms with Gasteiger partial charge in [-0.1, -0.05) is 6.58 Å². The van der Waals surface area contributed by atoms with Gasteiger partial charge in [0.15, 0.2) is 6.10 Å². The van der Waals surface area contributed by atoms with Crippen molar-refractivity contribution < 1.29 is 23.9 Å². The van der Waals surface area contributed by atoms with Gasteiger partial charge in [0.2, 0.25) is 0 Å². The molecule has 0 aliphatic rings. The average Bonchev–Trinajstić information content (AvgIpc) is 1.99. The molecule has 0 rings (SSSR count). The van der Waals surface area contributed by atoms with Gasteiger partial charge in [-0.15, -0.1) is 0 Å². The summed E-state index contributed by atoms with van der Waals surface area (Å²) in [5, 5.41) is 8.64. The first kappa shape index (κ1) is 13.6. The van der Waals surface area contributed by atoms with E-state index in [0.717, 1.165) is 6.08 Å². The molecule has 0 aliphatic carbocycles. The molecule has 0 heterocycles. The molecule has 0 aromatic rings. The first-order chi connectivity index (χ1) is 6.74. The number of carbonyl (C=O) groups is 2. The minimum absolute atomic E-state index is 0.185. The van der Waals surface area contributed by atoms with Crippen molar-refractivity contribution in [2.24, 2.45) is 0 Å². The van der Waals surface area contributed by atoms with Gasteiger partial charge >= 0.3 is 11.9 Å². The zero-order chi connectivity index (χ0) is 12.1. The zero-order valence-electron chi connectivity index (χ0n) is 9.40. The number of rotatable bonds is 6. The van der Waals surface area contributed by atoms with Crippen molar-refractivity contribution in [2.45, 2.75) is 12.5 Å². The maximum absolute atomic E-state index is 10.9. The fourth-order valence-corrected chi connectivity index (χ4v) is 1.16. The number of aliphatic carboxylic acids is 1. The van der Waals surface area contributed by atoms with E-state index in [1.165, 1.54) is 0 Å². The van der Waals surface area contributed by atoms with Gasteiger partial charge in [0.05, 0.1) is 27.6 Å². The maximum Gasteiger partial charge on any atom is 0.330 e. The third-order valence-electron chi connectivity index (χ3n) is 1.60. The molecule has 0 radical (unpaired) electrons. The Hall–Kier alpha value is -1.36. The number of carboxylic acids is 1. The molecule has 5 nitrogen and oxygen atoms in total. The molecule has 5 heteroatoms. The second-order valence-corrected chi connectivity index (χ2v) is 4.33. The molecule has 86 valence electrons. The second kappa shape index (κ2) is 5.50.